The Morgan fingerprint density at radius 3 is 2.83 bits per heavy atom. The van der Waals surface area contributed by atoms with Crippen LogP contribution in [0.25, 0.3) is 11.3 Å². The van der Waals surface area contributed by atoms with E-state index in [1.165, 1.54) is 30.4 Å². The standard InChI is InChI=1S/C21H26N2O/c1-2-10-21(11-6-3-7-12-21)20(24)13-18-16-8-4-5-9-17(16)19-14-22-15-23(18)19/h4-5,8-9,14-15,18H,2-3,6-7,10-13H2,1H3. The highest BCUT2D eigenvalue weighted by Crippen LogP contribution is 2.46. The molecule has 1 aromatic carbocycles. The van der Waals surface area contributed by atoms with Gasteiger partial charge in [0.1, 0.15) is 5.78 Å². The molecule has 3 heteroatoms. The summed E-state index contributed by atoms with van der Waals surface area (Å²) in [5.74, 6) is 0.477. The summed E-state index contributed by atoms with van der Waals surface area (Å²) >= 11 is 0. The molecule has 0 amide bonds. The summed E-state index contributed by atoms with van der Waals surface area (Å²) in [6, 6.07) is 8.60. The van der Waals surface area contributed by atoms with Crippen molar-refractivity contribution >= 4 is 5.78 Å². The van der Waals surface area contributed by atoms with Crippen molar-refractivity contribution in [3.05, 3.63) is 42.4 Å². The van der Waals surface area contributed by atoms with E-state index in [-0.39, 0.29) is 11.5 Å². The number of imidazole rings is 1. The zero-order chi connectivity index (χ0) is 16.6. The number of nitrogens with zero attached hydrogens (tertiary/aromatic N) is 2. The van der Waals surface area contributed by atoms with Gasteiger partial charge in [0.15, 0.2) is 0 Å². The Kier molecular flexibility index (Phi) is 4.03. The van der Waals surface area contributed by atoms with Gasteiger partial charge in [0.25, 0.3) is 0 Å². The lowest BCUT2D eigenvalue weighted by Gasteiger charge is -2.36. The van der Waals surface area contributed by atoms with E-state index in [1.807, 2.05) is 12.5 Å². The van der Waals surface area contributed by atoms with Crippen molar-refractivity contribution in [1.82, 2.24) is 9.55 Å². The molecule has 0 spiro atoms. The zero-order valence-corrected chi connectivity index (χ0v) is 14.5. The van der Waals surface area contributed by atoms with Crippen molar-refractivity contribution in [3.63, 3.8) is 0 Å². The van der Waals surface area contributed by atoms with E-state index < -0.39 is 0 Å². The fourth-order valence-corrected chi connectivity index (χ4v) is 4.91. The molecular weight excluding hydrogens is 296 g/mol. The second kappa shape index (κ2) is 6.19. The first-order valence-electron chi connectivity index (χ1n) is 9.39. The lowest BCUT2D eigenvalue weighted by Crippen LogP contribution is -2.34. The summed E-state index contributed by atoms with van der Waals surface area (Å²) in [7, 11) is 0. The molecule has 0 bridgehead atoms. The molecule has 1 saturated carbocycles. The number of rotatable bonds is 5. The van der Waals surface area contributed by atoms with Crippen molar-refractivity contribution in [3.8, 4) is 11.3 Å². The van der Waals surface area contributed by atoms with Crippen LogP contribution in [-0.4, -0.2) is 15.3 Å². The second-order valence-electron chi connectivity index (χ2n) is 7.51. The molecule has 24 heavy (non-hydrogen) atoms. The predicted molar refractivity (Wildman–Crippen MR) is 95.9 cm³/mol. The number of carbonyl (C=O) groups is 1. The summed E-state index contributed by atoms with van der Waals surface area (Å²) in [6.45, 7) is 2.21. The van der Waals surface area contributed by atoms with Gasteiger partial charge in [-0.25, -0.2) is 4.98 Å². The first-order valence-corrected chi connectivity index (χ1v) is 9.39. The van der Waals surface area contributed by atoms with Crippen LogP contribution in [0.1, 0.15) is 69.9 Å². The van der Waals surface area contributed by atoms with E-state index in [0.717, 1.165) is 31.4 Å². The van der Waals surface area contributed by atoms with Crippen molar-refractivity contribution in [2.75, 3.05) is 0 Å². The van der Waals surface area contributed by atoms with Gasteiger partial charge in [-0.05, 0) is 24.8 Å². The molecule has 0 radical (unpaired) electrons. The Balaban J connectivity index is 1.64. The van der Waals surface area contributed by atoms with E-state index >= 15 is 0 Å². The number of hydrogen-bond acceptors (Lipinski definition) is 2. The Labute approximate surface area is 144 Å². The van der Waals surface area contributed by atoms with Crippen LogP contribution >= 0.6 is 0 Å². The lowest BCUT2D eigenvalue weighted by atomic mass is 9.67. The van der Waals surface area contributed by atoms with E-state index in [4.69, 9.17) is 0 Å². The van der Waals surface area contributed by atoms with Gasteiger partial charge in [0, 0.05) is 17.4 Å². The average Bonchev–Trinajstić information content (AvgIpc) is 3.19. The molecule has 0 N–H and O–H groups in total. The van der Waals surface area contributed by atoms with Crippen molar-refractivity contribution in [2.45, 2.75) is 64.3 Å². The van der Waals surface area contributed by atoms with Crippen LogP contribution in [0.3, 0.4) is 0 Å². The lowest BCUT2D eigenvalue weighted by molar-refractivity contribution is -0.131. The molecule has 2 aliphatic rings. The topological polar surface area (TPSA) is 34.9 Å². The molecule has 126 valence electrons. The molecule has 1 unspecified atom stereocenters. The smallest absolute Gasteiger partial charge is 0.141 e. The summed E-state index contributed by atoms with van der Waals surface area (Å²) in [6.07, 6.45) is 12.5. The molecular formula is C21H26N2O. The number of Topliss-reactive ketones (excluding diaryl/α,β-unsaturated/α-hetero) is 1. The Hall–Kier alpha value is -1.90. The van der Waals surface area contributed by atoms with Gasteiger partial charge in [-0.1, -0.05) is 56.9 Å². The predicted octanol–water partition coefficient (Wildman–Crippen LogP) is 5.16. The van der Waals surface area contributed by atoms with Crippen LogP contribution < -0.4 is 0 Å². The molecule has 1 aromatic heterocycles. The molecule has 1 aliphatic heterocycles. The van der Waals surface area contributed by atoms with Crippen molar-refractivity contribution in [2.24, 2.45) is 5.41 Å². The van der Waals surface area contributed by atoms with Gasteiger partial charge in [-0.15, -0.1) is 0 Å². The molecule has 2 aromatic rings. The highest BCUT2D eigenvalue weighted by atomic mass is 16.1. The summed E-state index contributed by atoms with van der Waals surface area (Å²) in [4.78, 5) is 17.7. The van der Waals surface area contributed by atoms with Crippen molar-refractivity contribution in [1.29, 1.82) is 0 Å². The molecule has 1 fully saturated rings. The maximum Gasteiger partial charge on any atom is 0.141 e. The normalized spacial score (nSPS) is 21.3. The van der Waals surface area contributed by atoms with Crippen LogP contribution in [0.5, 0.6) is 0 Å². The first kappa shape index (κ1) is 15.6. The summed E-state index contributed by atoms with van der Waals surface area (Å²) in [5, 5.41) is 0. The highest BCUT2D eigenvalue weighted by Gasteiger charge is 2.40. The first-order chi connectivity index (χ1) is 11.7. The fraction of sp³-hybridized carbons (Fsp3) is 0.524. The monoisotopic (exact) mass is 322 g/mol. The van der Waals surface area contributed by atoms with Crippen LogP contribution in [0.2, 0.25) is 0 Å². The minimum Gasteiger partial charge on any atom is -0.323 e. The van der Waals surface area contributed by atoms with Crippen LogP contribution in [0.15, 0.2) is 36.8 Å². The molecule has 1 aliphatic carbocycles. The number of ketones is 1. The van der Waals surface area contributed by atoms with Gasteiger partial charge in [0.2, 0.25) is 0 Å². The molecule has 3 nitrogen and oxygen atoms in total. The highest BCUT2D eigenvalue weighted by molar-refractivity contribution is 5.86. The Morgan fingerprint density at radius 2 is 2.04 bits per heavy atom. The van der Waals surface area contributed by atoms with E-state index in [9.17, 15) is 4.79 Å². The molecule has 4 rings (SSSR count). The quantitative estimate of drug-likeness (QED) is 0.762. The van der Waals surface area contributed by atoms with Gasteiger partial charge < -0.3 is 4.57 Å². The zero-order valence-electron chi connectivity index (χ0n) is 14.5. The maximum absolute atomic E-state index is 13.4. The largest absolute Gasteiger partial charge is 0.323 e. The third kappa shape index (κ3) is 2.42. The maximum atomic E-state index is 13.4. The fourth-order valence-electron chi connectivity index (χ4n) is 4.91. The van der Waals surface area contributed by atoms with Gasteiger partial charge in [-0.2, -0.15) is 0 Å². The Morgan fingerprint density at radius 1 is 1.25 bits per heavy atom. The summed E-state index contributed by atoms with van der Waals surface area (Å²) < 4.78 is 2.20. The number of benzene rings is 1. The number of hydrogen-bond donors (Lipinski definition) is 0. The van der Waals surface area contributed by atoms with E-state index in [1.54, 1.807) is 0 Å². The number of carbonyl (C=O) groups excluding carboxylic acids is 1. The minimum atomic E-state index is -0.0642. The van der Waals surface area contributed by atoms with Gasteiger partial charge in [0.05, 0.1) is 24.3 Å². The number of fused-ring (bicyclic) bond motifs is 3. The van der Waals surface area contributed by atoms with Crippen LogP contribution in [0, 0.1) is 5.41 Å². The average molecular weight is 322 g/mol. The van der Waals surface area contributed by atoms with Crippen molar-refractivity contribution < 1.29 is 4.79 Å². The van der Waals surface area contributed by atoms with E-state index in [2.05, 4.69) is 40.7 Å². The Bertz CT molecular complexity index is 734. The molecule has 0 saturated heterocycles. The van der Waals surface area contributed by atoms with Gasteiger partial charge in [-0.3, -0.25) is 4.79 Å². The summed E-state index contributed by atoms with van der Waals surface area (Å²) in [5.41, 5.74) is 3.61. The minimum absolute atomic E-state index is 0.0642. The molecule has 2 heterocycles. The third-order valence-corrected chi connectivity index (χ3v) is 6.11. The SMILES string of the molecule is CCCC1(C(=O)CC2c3ccccc3-c3cncn32)CCCCC1. The molecule has 1 atom stereocenters. The van der Waals surface area contributed by atoms with E-state index in [0.29, 0.717) is 12.2 Å². The van der Waals surface area contributed by atoms with Crippen LogP contribution in [0.4, 0.5) is 0 Å². The number of aromatic nitrogens is 2. The third-order valence-electron chi connectivity index (χ3n) is 6.11. The van der Waals surface area contributed by atoms with Crippen LogP contribution in [-0.2, 0) is 4.79 Å². The second-order valence-corrected chi connectivity index (χ2v) is 7.51. The van der Waals surface area contributed by atoms with Gasteiger partial charge >= 0.3 is 0 Å².